The molecule has 1 atom stereocenters. The zero-order chi connectivity index (χ0) is 14.8. The van der Waals surface area contributed by atoms with E-state index >= 15 is 0 Å². The maximum atomic E-state index is 4.68. The molecule has 110 valence electrons. The highest BCUT2D eigenvalue weighted by Gasteiger charge is 2.15. The van der Waals surface area contributed by atoms with Crippen LogP contribution in [0.3, 0.4) is 0 Å². The molecule has 0 fully saturated rings. The summed E-state index contributed by atoms with van der Waals surface area (Å²) in [6.45, 7) is 2.95. The van der Waals surface area contributed by atoms with Crippen molar-refractivity contribution < 1.29 is 0 Å². The van der Waals surface area contributed by atoms with Crippen LogP contribution in [0.4, 0.5) is 5.82 Å². The van der Waals surface area contributed by atoms with Gasteiger partial charge in [-0.25, -0.2) is 9.97 Å². The Hall–Kier alpha value is -1.50. The largest absolute Gasteiger partial charge is 0.372 e. The van der Waals surface area contributed by atoms with E-state index in [0.717, 1.165) is 28.4 Å². The lowest BCUT2D eigenvalue weighted by atomic mass is 10.2. The standard InChI is InChI=1S/C15H18N4S2/c1-10(12-5-4-7-20-12)19(3)9-13-17-14(16-2)11-6-8-21-15(11)18-13/h4-8,10H,9H2,1-3H3,(H,16,17,18). The first-order valence-corrected chi connectivity index (χ1v) is 8.60. The number of nitrogens with zero attached hydrogens (tertiary/aromatic N) is 3. The van der Waals surface area contributed by atoms with Crippen LogP contribution in [-0.2, 0) is 6.54 Å². The molecule has 0 spiro atoms. The third-order valence-corrected chi connectivity index (χ3v) is 5.46. The van der Waals surface area contributed by atoms with Crippen molar-refractivity contribution in [1.29, 1.82) is 0 Å². The first-order chi connectivity index (χ1) is 10.2. The Bertz CT molecular complexity index is 720. The maximum absolute atomic E-state index is 4.68. The number of hydrogen-bond acceptors (Lipinski definition) is 6. The van der Waals surface area contributed by atoms with E-state index < -0.39 is 0 Å². The fourth-order valence-corrected chi connectivity index (χ4v) is 3.90. The van der Waals surface area contributed by atoms with Gasteiger partial charge in [0.05, 0.1) is 11.9 Å². The second kappa shape index (κ2) is 6.09. The predicted molar refractivity (Wildman–Crippen MR) is 91.2 cm³/mol. The van der Waals surface area contributed by atoms with Crippen molar-refractivity contribution in [3.8, 4) is 0 Å². The van der Waals surface area contributed by atoms with Crippen molar-refractivity contribution in [2.24, 2.45) is 0 Å². The van der Waals surface area contributed by atoms with Crippen molar-refractivity contribution in [3.05, 3.63) is 39.7 Å². The quantitative estimate of drug-likeness (QED) is 0.772. The van der Waals surface area contributed by atoms with E-state index in [1.165, 1.54) is 4.88 Å². The number of anilines is 1. The van der Waals surface area contributed by atoms with Gasteiger partial charge >= 0.3 is 0 Å². The van der Waals surface area contributed by atoms with Gasteiger partial charge in [-0.3, -0.25) is 4.90 Å². The van der Waals surface area contributed by atoms with Gasteiger partial charge in [-0.05, 0) is 36.9 Å². The number of rotatable bonds is 5. The van der Waals surface area contributed by atoms with Gasteiger partial charge in [0.25, 0.3) is 0 Å². The van der Waals surface area contributed by atoms with Crippen molar-refractivity contribution in [2.75, 3.05) is 19.4 Å². The van der Waals surface area contributed by atoms with Crippen LogP contribution in [-0.4, -0.2) is 29.0 Å². The third-order valence-electron chi connectivity index (χ3n) is 3.62. The second-order valence-corrected chi connectivity index (χ2v) is 6.86. The summed E-state index contributed by atoms with van der Waals surface area (Å²) < 4.78 is 0. The van der Waals surface area contributed by atoms with E-state index in [1.807, 2.05) is 7.05 Å². The average molecular weight is 318 g/mol. The number of nitrogens with one attached hydrogen (secondary N) is 1. The Kier molecular flexibility index (Phi) is 4.19. The molecule has 0 amide bonds. The van der Waals surface area contributed by atoms with Gasteiger partial charge in [-0.2, -0.15) is 0 Å². The number of aromatic nitrogens is 2. The molecule has 0 aliphatic rings. The highest BCUT2D eigenvalue weighted by molar-refractivity contribution is 7.16. The Morgan fingerprint density at radius 3 is 2.81 bits per heavy atom. The molecule has 21 heavy (non-hydrogen) atoms. The van der Waals surface area contributed by atoms with Crippen LogP contribution < -0.4 is 5.32 Å². The van der Waals surface area contributed by atoms with E-state index in [-0.39, 0.29) is 0 Å². The second-order valence-electron chi connectivity index (χ2n) is 4.98. The van der Waals surface area contributed by atoms with Crippen molar-refractivity contribution in [3.63, 3.8) is 0 Å². The molecule has 0 aliphatic heterocycles. The molecule has 1 unspecified atom stereocenters. The lowest BCUT2D eigenvalue weighted by molar-refractivity contribution is 0.250. The van der Waals surface area contributed by atoms with E-state index in [0.29, 0.717) is 6.04 Å². The molecule has 6 heteroatoms. The third kappa shape index (κ3) is 2.92. The van der Waals surface area contributed by atoms with Crippen molar-refractivity contribution in [1.82, 2.24) is 14.9 Å². The molecule has 4 nitrogen and oxygen atoms in total. The summed E-state index contributed by atoms with van der Waals surface area (Å²) in [5.74, 6) is 1.77. The summed E-state index contributed by atoms with van der Waals surface area (Å²) in [7, 11) is 4.02. The smallest absolute Gasteiger partial charge is 0.146 e. The fourth-order valence-electron chi connectivity index (χ4n) is 2.27. The van der Waals surface area contributed by atoms with E-state index in [9.17, 15) is 0 Å². The molecule has 3 rings (SSSR count). The molecule has 1 N–H and O–H groups in total. The van der Waals surface area contributed by atoms with Crippen LogP contribution in [0, 0.1) is 0 Å². The Morgan fingerprint density at radius 2 is 2.10 bits per heavy atom. The summed E-state index contributed by atoms with van der Waals surface area (Å²) in [4.78, 5) is 14.0. The molecule has 3 heterocycles. The molecule has 0 saturated carbocycles. The van der Waals surface area contributed by atoms with Gasteiger partial charge in [0.2, 0.25) is 0 Å². The van der Waals surface area contributed by atoms with Crippen LogP contribution >= 0.6 is 22.7 Å². The summed E-state index contributed by atoms with van der Waals surface area (Å²) in [5.41, 5.74) is 0. The zero-order valence-corrected chi connectivity index (χ0v) is 14.0. The first-order valence-electron chi connectivity index (χ1n) is 6.84. The maximum Gasteiger partial charge on any atom is 0.146 e. The van der Waals surface area contributed by atoms with E-state index in [2.05, 4.69) is 63.1 Å². The van der Waals surface area contributed by atoms with Gasteiger partial charge in [-0.1, -0.05) is 6.07 Å². The molecule has 3 aromatic heterocycles. The lowest BCUT2D eigenvalue weighted by Crippen LogP contribution is -2.22. The Morgan fingerprint density at radius 1 is 1.24 bits per heavy atom. The molecule has 0 aliphatic carbocycles. The van der Waals surface area contributed by atoms with Crippen LogP contribution in [0.25, 0.3) is 10.2 Å². The molecular formula is C15H18N4S2. The fraction of sp³-hybridized carbons (Fsp3) is 0.333. The molecule has 0 aromatic carbocycles. The molecule has 0 bridgehead atoms. The highest BCUT2D eigenvalue weighted by Crippen LogP contribution is 2.27. The van der Waals surface area contributed by atoms with Crippen LogP contribution in [0.15, 0.2) is 29.0 Å². The van der Waals surface area contributed by atoms with Gasteiger partial charge in [0, 0.05) is 18.0 Å². The van der Waals surface area contributed by atoms with E-state index in [4.69, 9.17) is 0 Å². The lowest BCUT2D eigenvalue weighted by Gasteiger charge is -2.23. The summed E-state index contributed by atoms with van der Waals surface area (Å²) >= 11 is 3.45. The number of hydrogen-bond donors (Lipinski definition) is 1. The molecule has 0 saturated heterocycles. The van der Waals surface area contributed by atoms with Crippen molar-refractivity contribution in [2.45, 2.75) is 19.5 Å². The van der Waals surface area contributed by atoms with Gasteiger partial charge in [0.15, 0.2) is 0 Å². The normalized spacial score (nSPS) is 13.0. The SMILES string of the molecule is CNc1nc(CN(C)C(C)c2cccs2)nc2sccc12. The topological polar surface area (TPSA) is 41.1 Å². The summed E-state index contributed by atoms with van der Waals surface area (Å²) in [6, 6.07) is 6.70. The summed E-state index contributed by atoms with van der Waals surface area (Å²) in [5, 5.41) is 8.44. The highest BCUT2D eigenvalue weighted by atomic mass is 32.1. The van der Waals surface area contributed by atoms with Crippen molar-refractivity contribution >= 4 is 38.7 Å². The van der Waals surface area contributed by atoms with Crippen LogP contribution in [0.2, 0.25) is 0 Å². The summed E-state index contributed by atoms with van der Waals surface area (Å²) in [6.07, 6.45) is 0. The minimum Gasteiger partial charge on any atom is -0.372 e. The van der Waals surface area contributed by atoms with Crippen LogP contribution in [0.5, 0.6) is 0 Å². The molecule has 3 aromatic rings. The van der Waals surface area contributed by atoms with Gasteiger partial charge in [-0.15, -0.1) is 22.7 Å². The first kappa shape index (κ1) is 14.4. The van der Waals surface area contributed by atoms with Gasteiger partial charge in [0.1, 0.15) is 16.5 Å². The molecule has 0 radical (unpaired) electrons. The number of fused-ring (bicyclic) bond motifs is 1. The minimum atomic E-state index is 0.366. The number of thiophene rings is 2. The van der Waals surface area contributed by atoms with Gasteiger partial charge < -0.3 is 5.32 Å². The molecular weight excluding hydrogens is 300 g/mol. The minimum absolute atomic E-state index is 0.366. The van der Waals surface area contributed by atoms with E-state index in [1.54, 1.807) is 22.7 Å². The Labute approximate surface area is 132 Å². The Balaban J connectivity index is 1.84. The monoisotopic (exact) mass is 318 g/mol. The average Bonchev–Trinajstić information content (AvgIpc) is 3.16. The zero-order valence-electron chi connectivity index (χ0n) is 12.3. The van der Waals surface area contributed by atoms with Crippen LogP contribution in [0.1, 0.15) is 23.7 Å². The predicted octanol–water partition coefficient (Wildman–Crippen LogP) is 3.99.